The predicted molar refractivity (Wildman–Crippen MR) is 81.1 cm³/mol. The van der Waals surface area contributed by atoms with Crippen molar-refractivity contribution in [2.24, 2.45) is 0 Å². The van der Waals surface area contributed by atoms with E-state index < -0.39 is 0 Å². The summed E-state index contributed by atoms with van der Waals surface area (Å²) in [7, 11) is 0. The van der Waals surface area contributed by atoms with Crippen molar-refractivity contribution in [2.75, 3.05) is 11.1 Å². The van der Waals surface area contributed by atoms with Crippen LogP contribution in [0.1, 0.15) is 0 Å². The molecule has 1 N–H and O–H groups in total. The number of carbonyl (C=O) groups is 1. The highest BCUT2D eigenvalue weighted by molar-refractivity contribution is 7.99. The zero-order chi connectivity index (χ0) is 15.2. The maximum Gasteiger partial charge on any atom is 0.277 e. The highest BCUT2D eigenvalue weighted by Crippen LogP contribution is 2.21. The fourth-order valence-electron chi connectivity index (χ4n) is 1.60. The Hall–Kier alpha value is -2.74. The van der Waals surface area contributed by atoms with Crippen molar-refractivity contribution < 1.29 is 9.21 Å². The van der Waals surface area contributed by atoms with Crippen molar-refractivity contribution >= 4 is 23.5 Å². The molecule has 3 heterocycles. The second-order valence-electron chi connectivity index (χ2n) is 4.14. The van der Waals surface area contributed by atoms with E-state index >= 15 is 0 Å². The third-order valence-corrected chi connectivity index (χ3v) is 3.37. The van der Waals surface area contributed by atoms with E-state index in [2.05, 4.69) is 25.5 Å². The second-order valence-corrected chi connectivity index (χ2v) is 5.07. The van der Waals surface area contributed by atoms with Gasteiger partial charge in [-0.25, -0.2) is 4.98 Å². The third kappa shape index (κ3) is 3.67. The van der Waals surface area contributed by atoms with Gasteiger partial charge >= 0.3 is 0 Å². The maximum absolute atomic E-state index is 11.8. The summed E-state index contributed by atoms with van der Waals surface area (Å²) in [5.41, 5.74) is 0.597. The van der Waals surface area contributed by atoms with Crippen molar-refractivity contribution in [3.8, 4) is 11.6 Å². The Kier molecular flexibility index (Phi) is 4.40. The molecule has 0 fully saturated rings. The molecule has 0 saturated carbocycles. The van der Waals surface area contributed by atoms with Crippen LogP contribution in [0, 0.1) is 0 Å². The van der Waals surface area contributed by atoms with E-state index in [0.29, 0.717) is 22.6 Å². The number of thioether (sulfide) groups is 1. The summed E-state index contributed by atoms with van der Waals surface area (Å²) in [6.45, 7) is 0. The van der Waals surface area contributed by atoms with Crippen LogP contribution in [0.4, 0.5) is 5.82 Å². The molecule has 1 amide bonds. The van der Waals surface area contributed by atoms with Gasteiger partial charge in [0.15, 0.2) is 0 Å². The number of anilines is 1. The third-order valence-electron chi connectivity index (χ3n) is 2.55. The topological polar surface area (TPSA) is 93.8 Å². The highest BCUT2D eigenvalue weighted by Gasteiger charge is 2.12. The van der Waals surface area contributed by atoms with E-state index in [4.69, 9.17) is 4.42 Å². The number of carbonyl (C=O) groups excluding carboxylic acids is 1. The predicted octanol–water partition coefficient (Wildman–Crippen LogP) is 2.26. The van der Waals surface area contributed by atoms with Gasteiger partial charge in [-0.05, 0) is 24.3 Å². The summed E-state index contributed by atoms with van der Waals surface area (Å²) in [5.74, 6) is 0.794. The molecular weight excluding hydrogens is 302 g/mol. The van der Waals surface area contributed by atoms with Gasteiger partial charge in [0.2, 0.25) is 5.91 Å². The number of hydrogen-bond acceptors (Lipinski definition) is 7. The van der Waals surface area contributed by atoms with E-state index in [1.54, 1.807) is 42.7 Å². The van der Waals surface area contributed by atoms with Gasteiger partial charge < -0.3 is 9.73 Å². The molecule has 0 saturated heterocycles. The number of nitrogens with one attached hydrogen (secondary N) is 1. The summed E-state index contributed by atoms with van der Waals surface area (Å²) in [6.07, 6.45) is 3.26. The first-order valence-corrected chi connectivity index (χ1v) is 7.38. The van der Waals surface area contributed by atoms with Crippen LogP contribution in [0.5, 0.6) is 0 Å². The molecule has 0 spiro atoms. The normalized spacial score (nSPS) is 10.4. The monoisotopic (exact) mass is 313 g/mol. The minimum Gasteiger partial charge on any atom is -0.410 e. The SMILES string of the molecule is O=C(CSc1nnc(-c2ccccn2)o1)Nc1ccccn1. The smallest absolute Gasteiger partial charge is 0.277 e. The number of rotatable bonds is 5. The standard InChI is InChI=1S/C14H11N5O2S/c20-12(17-11-6-2-4-8-16-11)9-22-14-19-18-13(21-14)10-5-1-3-7-15-10/h1-8H,9H2,(H,16,17,20). The first kappa shape index (κ1) is 14.2. The van der Waals surface area contributed by atoms with Crippen LogP contribution in [0.3, 0.4) is 0 Å². The molecule has 0 aliphatic rings. The lowest BCUT2D eigenvalue weighted by Gasteiger charge is -2.01. The van der Waals surface area contributed by atoms with Crippen LogP contribution in [0.2, 0.25) is 0 Å². The Morgan fingerprint density at radius 2 is 1.91 bits per heavy atom. The van der Waals surface area contributed by atoms with Crippen LogP contribution in [-0.2, 0) is 4.79 Å². The average molecular weight is 313 g/mol. The summed E-state index contributed by atoms with van der Waals surface area (Å²) in [6, 6.07) is 10.7. The van der Waals surface area contributed by atoms with Crippen LogP contribution < -0.4 is 5.32 Å². The molecule has 8 heteroatoms. The van der Waals surface area contributed by atoms with Crippen LogP contribution in [-0.4, -0.2) is 31.8 Å². The molecule has 7 nitrogen and oxygen atoms in total. The first-order valence-electron chi connectivity index (χ1n) is 6.40. The van der Waals surface area contributed by atoms with E-state index in [0.717, 1.165) is 11.8 Å². The Bertz CT molecular complexity index is 748. The fourth-order valence-corrected chi connectivity index (χ4v) is 2.17. The number of pyridine rings is 2. The second kappa shape index (κ2) is 6.81. The van der Waals surface area contributed by atoms with Gasteiger partial charge in [-0.1, -0.05) is 23.9 Å². The van der Waals surface area contributed by atoms with Crippen molar-refractivity contribution in [2.45, 2.75) is 5.22 Å². The van der Waals surface area contributed by atoms with Crippen molar-refractivity contribution in [3.63, 3.8) is 0 Å². The van der Waals surface area contributed by atoms with Gasteiger partial charge in [-0.3, -0.25) is 9.78 Å². The van der Waals surface area contributed by atoms with E-state index in [9.17, 15) is 4.79 Å². The van der Waals surface area contributed by atoms with Crippen LogP contribution in [0.15, 0.2) is 58.4 Å². The van der Waals surface area contributed by atoms with Gasteiger partial charge in [-0.2, -0.15) is 0 Å². The van der Waals surface area contributed by atoms with Gasteiger partial charge in [0, 0.05) is 12.4 Å². The van der Waals surface area contributed by atoms with Crippen LogP contribution in [0.25, 0.3) is 11.6 Å². The molecule has 0 aliphatic carbocycles. The molecule has 0 aromatic carbocycles. The molecule has 110 valence electrons. The molecule has 0 unspecified atom stereocenters. The molecule has 0 atom stereocenters. The zero-order valence-corrected chi connectivity index (χ0v) is 12.2. The minimum absolute atomic E-state index is 0.153. The molecule has 3 aromatic rings. The fraction of sp³-hybridized carbons (Fsp3) is 0.0714. The van der Waals surface area contributed by atoms with E-state index in [1.165, 1.54) is 0 Å². The molecule has 0 radical (unpaired) electrons. The summed E-state index contributed by atoms with van der Waals surface area (Å²) < 4.78 is 5.45. The summed E-state index contributed by atoms with van der Waals surface area (Å²) >= 11 is 1.16. The Balaban J connectivity index is 1.56. The first-order chi connectivity index (χ1) is 10.8. The van der Waals surface area contributed by atoms with E-state index in [-0.39, 0.29) is 11.7 Å². The lowest BCUT2D eigenvalue weighted by atomic mass is 10.3. The minimum atomic E-state index is -0.193. The molecule has 3 rings (SSSR count). The number of aromatic nitrogens is 4. The van der Waals surface area contributed by atoms with Crippen molar-refractivity contribution in [1.82, 2.24) is 20.2 Å². The quantitative estimate of drug-likeness (QED) is 0.722. The van der Waals surface area contributed by atoms with E-state index in [1.807, 2.05) is 6.07 Å². The van der Waals surface area contributed by atoms with Crippen molar-refractivity contribution in [3.05, 3.63) is 48.8 Å². The van der Waals surface area contributed by atoms with Gasteiger partial charge in [0.1, 0.15) is 11.5 Å². The van der Waals surface area contributed by atoms with Gasteiger partial charge in [0.05, 0.1) is 5.75 Å². The lowest BCUT2D eigenvalue weighted by Crippen LogP contribution is -2.14. The molecular formula is C14H11N5O2S. The Morgan fingerprint density at radius 1 is 1.09 bits per heavy atom. The Labute approximate surface area is 130 Å². The van der Waals surface area contributed by atoms with Gasteiger partial charge in [0.25, 0.3) is 11.1 Å². The molecule has 0 bridgehead atoms. The maximum atomic E-state index is 11.8. The number of hydrogen-bond donors (Lipinski definition) is 1. The summed E-state index contributed by atoms with van der Waals surface area (Å²) in [4.78, 5) is 19.9. The number of nitrogens with zero attached hydrogens (tertiary/aromatic N) is 4. The van der Waals surface area contributed by atoms with Gasteiger partial charge in [-0.15, -0.1) is 10.2 Å². The molecule has 3 aromatic heterocycles. The van der Waals surface area contributed by atoms with Crippen molar-refractivity contribution in [1.29, 1.82) is 0 Å². The lowest BCUT2D eigenvalue weighted by molar-refractivity contribution is -0.113. The zero-order valence-electron chi connectivity index (χ0n) is 11.3. The Morgan fingerprint density at radius 3 is 2.64 bits per heavy atom. The van der Waals surface area contributed by atoms with Crippen LogP contribution >= 0.6 is 11.8 Å². The molecule has 22 heavy (non-hydrogen) atoms. The highest BCUT2D eigenvalue weighted by atomic mass is 32.2. The summed E-state index contributed by atoms with van der Waals surface area (Å²) in [5, 5.41) is 10.8. The number of amides is 1. The average Bonchev–Trinajstić information content (AvgIpc) is 3.04. The molecule has 0 aliphatic heterocycles. The largest absolute Gasteiger partial charge is 0.410 e.